The topological polar surface area (TPSA) is 64.1 Å². The van der Waals surface area contributed by atoms with Crippen LogP contribution in [0.2, 0.25) is 0 Å². The van der Waals surface area contributed by atoms with Gasteiger partial charge in [-0.15, -0.1) is 0 Å². The zero-order chi connectivity index (χ0) is 15.8. The summed E-state index contributed by atoms with van der Waals surface area (Å²) in [7, 11) is 0. The van der Waals surface area contributed by atoms with E-state index in [4.69, 9.17) is 5.11 Å². The quantitative estimate of drug-likeness (QED) is 0.661. The number of hydrogen-bond donors (Lipinski definition) is 1. The number of carboxylic acids is 1. The molecule has 1 saturated heterocycles. The van der Waals surface area contributed by atoms with Crippen LogP contribution in [0.4, 0.5) is 0 Å². The van der Waals surface area contributed by atoms with Gasteiger partial charge in [0.15, 0.2) is 0 Å². The van der Waals surface area contributed by atoms with Gasteiger partial charge in [0.05, 0.1) is 13.0 Å². The normalized spacial score (nSPS) is 16.7. The van der Waals surface area contributed by atoms with Gasteiger partial charge in [-0.25, -0.2) is 0 Å². The minimum atomic E-state index is -0.758. The van der Waals surface area contributed by atoms with Crippen molar-refractivity contribution in [2.75, 3.05) is 52.4 Å². The molecule has 0 unspecified atom stereocenters. The van der Waals surface area contributed by atoms with Gasteiger partial charge in [-0.05, 0) is 13.8 Å². The first-order valence-corrected chi connectivity index (χ1v) is 7.51. The van der Waals surface area contributed by atoms with Crippen molar-refractivity contribution < 1.29 is 14.7 Å². The average molecular weight is 297 g/mol. The third-order valence-electron chi connectivity index (χ3n) is 3.66. The third kappa shape index (κ3) is 6.73. The Balaban J connectivity index is 2.32. The summed E-state index contributed by atoms with van der Waals surface area (Å²) in [6.45, 7) is 13.4. The molecule has 6 heteroatoms. The molecule has 0 aromatic carbocycles. The molecule has 1 heterocycles. The minimum absolute atomic E-state index is 0.138. The first-order chi connectivity index (χ1) is 9.92. The number of carbonyl (C=O) groups excluding carboxylic acids is 1. The fourth-order valence-corrected chi connectivity index (χ4v) is 2.42. The third-order valence-corrected chi connectivity index (χ3v) is 3.66. The van der Waals surface area contributed by atoms with Crippen molar-refractivity contribution in [2.24, 2.45) is 0 Å². The van der Waals surface area contributed by atoms with Gasteiger partial charge in [-0.2, -0.15) is 0 Å². The lowest BCUT2D eigenvalue weighted by atomic mass is 10.2. The number of nitrogens with zero attached hydrogens (tertiary/aromatic N) is 3. The van der Waals surface area contributed by atoms with Crippen LogP contribution in [-0.4, -0.2) is 84.0 Å². The zero-order valence-electron chi connectivity index (χ0n) is 13.2. The maximum atomic E-state index is 12.2. The molecule has 1 aliphatic heterocycles. The Hall–Kier alpha value is -1.40. The highest BCUT2D eigenvalue weighted by Crippen LogP contribution is 2.04. The number of carboxylic acid groups (broad SMARTS) is 1. The van der Waals surface area contributed by atoms with Crippen LogP contribution in [-0.2, 0) is 9.59 Å². The summed E-state index contributed by atoms with van der Waals surface area (Å²) in [4.78, 5) is 28.9. The molecule has 0 saturated carbocycles. The zero-order valence-corrected chi connectivity index (χ0v) is 13.2. The van der Waals surface area contributed by atoms with E-state index in [1.807, 2.05) is 18.7 Å². The summed E-state index contributed by atoms with van der Waals surface area (Å²) in [5, 5.41) is 8.68. The lowest BCUT2D eigenvalue weighted by molar-refractivity contribution is -0.137. The Bertz CT molecular complexity index is 376. The maximum absolute atomic E-state index is 12.2. The first kappa shape index (κ1) is 17.7. The van der Waals surface area contributed by atoms with Gasteiger partial charge in [0.2, 0.25) is 5.91 Å². The molecule has 1 rings (SSSR count). The molecule has 0 aromatic rings. The minimum Gasteiger partial charge on any atom is -0.481 e. The number of hydrogen-bond acceptors (Lipinski definition) is 4. The largest absolute Gasteiger partial charge is 0.481 e. The fourth-order valence-electron chi connectivity index (χ4n) is 2.42. The Kier molecular flexibility index (Phi) is 7.39. The number of aliphatic carboxylic acids is 1. The highest BCUT2D eigenvalue weighted by Gasteiger charge is 2.21. The smallest absolute Gasteiger partial charge is 0.304 e. The van der Waals surface area contributed by atoms with Gasteiger partial charge in [-0.1, -0.05) is 12.2 Å². The Morgan fingerprint density at radius 3 is 2.24 bits per heavy atom. The Morgan fingerprint density at radius 2 is 1.76 bits per heavy atom. The molecule has 0 radical (unpaired) electrons. The molecular formula is C15H27N3O3. The predicted molar refractivity (Wildman–Crippen MR) is 82.2 cm³/mol. The van der Waals surface area contributed by atoms with Crippen LogP contribution in [0.15, 0.2) is 12.2 Å². The first-order valence-electron chi connectivity index (χ1n) is 7.51. The van der Waals surface area contributed by atoms with E-state index in [0.29, 0.717) is 26.2 Å². The van der Waals surface area contributed by atoms with Gasteiger partial charge < -0.3 is 14.9 Å². The summed E-state index contributed by atoms with van der Waals surface area (Å²) in [5.41, 5.74) is 0.990. The van der Waals surface area contributed by atoms with E-state index < -0.39 is 5.97 Å². The van der Waals surface area contributed by atoms with Crippen LogP contribution in [0.5, 0.6) is 0 Å². The summed E-state index contributed by atoms with van der Waals surface area (Å²) in [6.07, 6.45) is 0.182. The molecule has 1 fully saturated rings. The van der Waals surface area contributed by atoms with Crippen LogP contribution in [0.3, 0.4) is 0 Å². The van der Waals surface area contributed by atoms with Crippen molar-refractivity contribution >= 4 is 11.9 Å². The van der Waals surface area contributed by atoms with E-state index in [2.05, 4.69) is 16.4 Å². The number of likely N-dealkylation sites (N-methyl/N-ethyl adjacent to an activating group) is 1. The number of carbonyl (C=O) groups is 2. The fraction of sp³-hybridized carbons (Fsp3) is 0.733. The molecular weight excluding hydrogens is 270 g/mol. The number of amides is 1. The molecule has 0 bridgehead atoms. The van der Waals surface area contributed by atoms with E-state index in [-0.39, 0.29) is 12.3 Å². The SMILES string of the molecule is C=C(C)CN(CC)C(=O)CN1CCN(CCC(=O)O)CC1. The van der Waals surface area contributed by atoms with Crippen molar-refractivity contribution in [3.63, 3.8) is 0 Å². The molecule has 1 aliphatic rings. The van der Waals surface area contributed by atoms with Gasteiger partial charge in [-0.3, -0.25) is 14.5 Å². The summed E-state index contributed by atoms with van der Waals surface area (Å²) >= 11 is 0. The second kappa shape index (κ2) is 8.79. The van der Waals surface area contributed by atoms with Crippen molar-refractivity contribution in [1.82, 2.24) is 14.7 Å². The highest BCUT2D eigenvalue weighted by molar-refractivity contribution is 5.78. The molecule has 1 amide bonds. The van der Waals surface area contributed by atoms with E-state index in [1.165, 1.54) is 0 Å². The summed E-state index contributed by atoms with van der Waals surface area (Å²) < 4.78 is 0. The predicted octanol–water partition coefficient (Wildman–Crippen LogP) is 0.503. The average Bonchev–Trinajstić information content (AvgIpc) is 2.43. The molecule has 6 nitrogen and oxygen atoms in total. The monoisotopic (exact) mass is 297 g/mol. The van der Waals surface area contributed by atoms with Gasteiger partial charge in [0, 0.05) is 45.8 Å². The van der Waals surface area contributed by atoms with Gasteiger partial charge in [0.1, 0.15) is 0 Å². The summed E-state index contributed by atoms with van der Waals surface area (Å²) in [5.74, 6) is -0.620. The maximum Gasteiger partial charge on any atom is 0.304 e. The Morgan fingerprint density at radius 1 is 1.19 bits per heavy atom. The molecule has 0 aliphatic carbocycles. The van der Waals surface area contributed by atoms with Crippen molar-refractivity contribution in [1.29, 1.82) is 0 Å². The molecule has 120 valence electrons. The van der Waals surface area contributed by atoms with Gasteiger partial charge >= 0.3 is 5.97 Å². The molecule has 1 N–H and O–H groups in total. The van der Waals surface area contributed by atoms with E-state index in [1.54, 1.807) is 0 Å². The van der Waals surface area contributed by atoms with Crippen LogP contribution in [0, 0.1) is 0 Å². The molecule has 0 spiro atoms. The van der Waals surface area contributed by atoms with E-state index in [0.717, 1.165) is 31.8 Å². The second-order valence-electron chi connectivity index (χ2n) is 5.63. The molecule has 0 atom stereocenters. The second-order valence-corrected chi connectivity index (χ2v) is 5.63. The molecule has 0 aromatic heterocycles. The van der Waals surface area contributed by atoms with Crippen LogP contribution in [0.25, 0.3) is 0 Å². The van der Waals surface area contributed by atoms with Crippen molar-refractivity contribution in [3.8, 4) is 0 Å². The Labute approximate surface area is 127 Å². The van der Waals surface area contributed by atoms with Crippen LogP contribution < -0.4 is 0 Å². The number of piperazine rings is 1. The van der Waals surface area contributed by atoms with Crippen molar-refractivity contribution in [2.45, 2.75) is 20.3 Å². The summed E-state index contributed by atoms with van der Waals surface area (Å²) in [6, 6.07) is 0. The lowest BCUT2D eigenvalue weighted by Crippen LogP contribution is -2.50. The molecule has 21 heavy (non-hydrogen) atoms. The highest BCUT2D eigenvalue weighted by atomic mass is 16.4. The standard InChI is InChI=1S/C15H27N3O3/c1-4-18(11-13(2)3)14(19)12-17-9-7-16(8-10-17)6-5-15(20)21/h2,4-12H2,1,3H3,(H,20,21). The number of rotatable bonds is 8. The van der Waals surface area contributed by atoms with Crippen molar-refractivity contribution in [3.05, 3.63) is 12.2 Å². The van der Waals surface area contributed by atoms with Crippen LogP contribution in [0.1, 0.15) is 20.3 Å². The van der Waals surface area contributed by atoms with Crippen LogP contribution >= 0.6 is 0 Å². The van der Waals surface area contributed by atoms with E-state index >= 15 is 0 Å². The van der Waals surface area contributed by atoms with Gasteiger partial charge in [0.25, 0.3) is 0 Å². The lowest BCUT2D eigenvalue weighted by Gasteiger charge is -2.35. The van der Waals surface area contributed by atoms with E-state index in [9.17, 15) is 9.59 Å².